The maximum atomic E-state index is 6.36. The van der Waals surface area contributed by atoms with Crippen LogP contribution in [0.4, 0.5) is 0 Å². The van der Waals surface area contributed by atoms with Gasteiger partial charge in [-0.05, 0) is 51.4 Å². The lowest BCUT2D eigenvalue weighted by Crippen LogP contribution is -2.00. The zero-order valence-electron chi connectivity index (χ0n) is 23.0. The molecule has 5 nitrogen and oxygen atoms in total. The molecule has 9 rings (SSSR count). The second-order valence-corrected chi connectivity index (χ2v) is 10.9. The van der Waals surface area contributed by atoms with Crippen molar-refractivity contribution in [3.8, 4) is 34.2 Å². The SMILES string of the molecule is C1=Cc2cc3oc4cccc(-c5nc(-c6ccccc6)nc(-c6ccc7ccc8ccccc8c7c6)n5)c4c3cc2C[N-]1. The monoisotopic (exact) mass is 551 g/mol. The number of rotatable bonds is 3. The highest BCUT2D eigenvalue weighted by atomic mass is 16.3. The molecule has 8 aromatic rings. The van der Waals surface area contributed by atoms with Crippen LogP contribution in [0.25, 0.3) is 89.0 Å². The van der Waals surface area contributed by atoms with Crippen molar-refractivity contribution in [1.82, 2.24) is 15.0 Å². The normalized spacial score (nSPS) is 12.7. The molecular formula is C38H23N4O-. The molecule has 202 valence electrons. The average molecular weight is 552 g/mol. The molecule has 2 aromatic heterocycles. The van der Waals surface area contributed by atoms with Gasteiger partial charge in [0.15, 0.2) is 17.5 Å². The number of hydrogen-bond acceptors (Lipinski definition) is 4. The van der Waals surface area contributed by atoms with E-state index in [2.05, 4.69) is 78.1 Å². The Labute approximate surface area is 247 Å². The standard InChI is InChI=1S/C38H23N4O/c1-2-8-25(9-3-1)36-40-37(27-16-15-24-14-13-23-7-4-5-10-29(23)31(24)19-27)42-38(41-36)30-11-6-12-33-35(30)32-20-28-22-39-18-17-26(28)21-34(32)43-33/h1-21H,22H2/q-1. The quantitative estimate of drug-likeness (QED) is 0.205. The summed E-state index contributed by atoms with van der Waals surface area (Å²) in [5.74, 6) is 1.87. The fourth-order valence-electron chi connectivity index (χ4n) is 6.18. The van der Waals surface area contributed by atoms with E-state index in [0.717, 1.165) is 44.2 Å². The van der Waals surface area contributed by atoms with Crippen LogP contribution in [0, 0.1) is 0 Å². The summed E-state index contributed by atoms with van der Waals surface area (Å²) in [5, 5.41) is 11.3. The lowest BCUT2D eigenvalue weighted by atomic mass is 9.99. The molecule has 0 bridgehead atoms. The number of fused-ring (bicyclic) bond motifs is 7. The molecule has 0 amide bonds. The Morgan fingerprint density at radius 3 is 2.23 bits per heavy atom. The van der Waals surface area contributed by atoms with Crippen molar-refractivity contribution in [3.63, 3.8) is 0 Å². The van der Waals surface area contributed by atoms with Crippen molar-refractivity contribution in [2.24, 2.45) is 0 Å². The van der Waals surface area contributed by atoms with E-state index in [1.165, 1.54) is 27.1 Å². The first-order valence-electron chi connectivity index (χ1n) is 14.3. The third-order valence-corrected chi connectivity index (χ3v) is 8.29. The highest BCUT2D eigenvalue weighted by molar-refractivity contribution is 6.12. The van der Waals surface area contributed by atoms with Gasteiger partial charge >= 0.3 is 0 Å². The minimum Gasteiger partial charge on any atom is -0.687 e. The number of aromatic nitrogens is 3. The number of nitrogens with zero attached hydrogens (tertiary/aromatic N) is 4. The summed E-state index contributed by atoms with van der Waals surface area (Å²) in [5.41, 5.74) is 6.74. The molecule has 6 aromatic carbocycles. The van der Waals surface area contributed by atoms with Crippen LogP contribution in [-0.2, 0) is 6.54 Å². The third kappa shape index (κ3) is 3.90. The summed E-state index contributed by atoms with van der Waals surface area (Å²) in [6.45, 7) is 0.654. The van der Waals surface area contributed by atoms with Crippen LogP contribution >= 0.6 is 0 Å². The van der Waals surface area contributed by atoms with E-state index in [1.807, 2.05) is 54.7 Å². The minimum absolute atomic E-state index is 0.609. The Hall–Kier alpha value is -5.81. The van der Waals surface area contributed by atoms with Crippen LogP contribution < -0.4 is 0 Å². The Morgan fingerprint density at radius 2 is 1.33 bits per heavy atom. The van der Waals surface area contributed by atoms with Gasteiger partial charge in [-0.1, -0.05) is 103 Å². The summed E-state index contributed by atoms with van der Waals surface area (Å²) < 4.78 is 6.36. The Kier molecular flexibility index (Phi) is 5.19. The van der Waals surface area contributed by atoms with E-state index in [-0.39, 0.29) is 0 Å². The summed E-state index contributed by atoms with van der Waals surface area (Å²) in [4.78, 5) is 15.2. The van der Waals surface area contributed by atoms with Crippen LogP contribution in [0.5, 0.6) is 0 Å². The van der Waals surface area contributed by atoms with Gasteiger partial charge in [0.05, 0.1) is 0 Å². The molecule has 0 spiro atoms. The van der Waals surface area contributed by atoms with Gasteiger partial charge in [-0.3, -0.25) is 0 Å². The van der Waals surface area contributed by atoms with Gasteiger partial charge in [0, 0.05) is 27.5 Å². The molecule has 5 heteroatoms. The molecule has 43 heavy (non-hydrogen) atoms. The van der Waals surface area contributed by atoms with E-state index in [9.17, 15) is 0 Å². The first-order chi connectivity index (χ1) is 21.3. The first-order valence-corrected chi connectivity index (χ1v) is 14.3. The van der Waals surface area contributed by atoms with Gasteiger partial charge in [0.1, 0.15) is 11.2 Å². The third-order valence-electron chi connectivity index (χ3n) is 8.29. The summed E-state index contributed by atoms with van der Waals surface area (Å²) >= 11 is 0. The van der Waals surface area contributed by atoms with Crippen LogP contribution in [0.2, 0.25) is 0 Å². The molecule has 0 saturated heterocycles. The van der Waals surface area contributed by atoms with E-state index in [0.29, 0.717) is 24.0 Å². The van der Waals surface area contributed by atoms with Gasteiger partial charge in [0.2, 0.25) is 0 Å². The molecule has 0 atom stereocenters. The van der Waals surface area contributed by atoms with E-state index in [4.69, 9.17) is 19.4 Å². The van der Waals surface area contributed by atoms with Gasteiger partial charge in [-0.15, -0.1) is 6.54 Å². The molecule has 0 saturated carbocycles. The second-order valence-electron chi connectivity index (χ2n) is 10.9. The highest BCUT2D eigenvalue weighted by Crippen LogP contribution is 2.39. The molecule has 1 aliphatic rings. The maximum Gasteiger partial charge on any atom is 0.164 e. The first kappa shape index (κ1) is 23.9. The molecule has 0 radical (unpaired) electrons. The van der Waals surface area contributed by atoms with Crippen molar-refractivity contribution >= 4 is 49.6 Å². The van der Waals surface area contributed by atoms with Crippen LogP contribution in [0.15, 0.2) is 126 Å². The topological polar surface area (TPSA) is 65.9 Å². The molecule has 0 N–H and O–H groups in total. The molecule has 0 fully saturated rings. The molecule has 1 aliphatic heterocycles. The zero-order valence-corrected chi connectivity index (χ0v) is 23.0. The van der Waals surface area contributed by atoms with Gasteiger partial charge in [-0.2, -0.15) is 6.20 Å². The van der Waals surface area contributed by atoms with E-state index >= 15 is 0 Å². The van der Waals surface area contributed by atoms with Gasteiger partial charge in [-0.25, -0.2) is 15.0 Å². The zero-order chi connectivity index (χ0) is 28.3. The molecule has 3 heterocycles. The summed E-state index contributed by atoms with van der Waals surface area (Å²) in [7, 11) is 0. The molecular weight excluding hydrogens is 528 g/mol. The largest absolute Gasteiger partial charge is 0.687 e. The van der Waals surface area contributed by atoms with Gasteiger partial charge < -0.3 is 9.73 Å². The number of furan rings is 1. The van der Waals surface area contributed by atoms with E-state index in [1.54, 1.807) is 0 Å². The fraction of sp³-hybridized carbons (Fsp3) is 0.0263. The summed E-state index contributed by atoms with van der Waals surface area (Å²) in [6, 6.07) is 39.7. The van der Waals surface area contributed by atoms with E-state index < -0.39 is 0 Å². The van der Waals surface area contributed by atoms with Crippen LogP contribution in [0.1, 0.15) is 11.1 Å². The lowest BCUT2D eigenvalue weighted by Gasteiger charge is -2.22. The van der Waals surface area contributed by atoms with Crippen LogP contribution in [-0.4, -0.2) is 15.0 Å². The Bertz CT molecular complexity index is 2410. The predicted octanol–water partition coefficient (Wildman–Crippen LogP) is 9.94. The second kappa shape index (κ2) is 9.36. The summed E-state index contributed by atoms with van der Waals surface area (Å²) in [6.07, 6.45) is 3.89. The minimum atomic E-state index is 0.609. The van der Waals surface area contributed by atoms with Crippen LogP contribution in [0.3, 0.4) is 0 Å². The predicted molar refractivity (Wildman–Crippen MR) is 175 cm³/mol. The maximum absolute atomic E-state index is 6.36. The van der Waals surface area contributed by atoms with Crippen molar-refractivity contribution in [3.05, 3.63) is 138 Å². The van der Waals surface area contributed by atoms with Crippen molar-refractivity contribution in [1.29, 1.82) is 0 Å². The lowest BCUT2D eigenvalue weighted by molar-refractivity contribution is 0.668. The smallest absolute Gasteiger partial charge is 0.164 e. The molecule has 0 unspecified atom stereocenters. The number of hydrogen-bond donors (Lipinski definition) is 0. The average Bonchev–Trinajstić information content (AvgIpc) is 3.44. The Morgan fingerprint density at radius 1 is 0.558 bits per heavy atom. The number of benzene rings is 6. The Balaban J connectivity index is 1.30. The highest BCUT2D eigenvalue weighted by Gasteiger charge is 2.19. The van der Waals surface area contributed by atoms with Crippen molar-refractivity contribution < 1.29 is 4.42 Å². The van der Waals surface area contributed by atoms with Gasteiger partial charge in [0.25, 0.3) is 0 Å². The van der Waals surface area contributed by atoms with Crippen molar-refractivity contribution in [2.75, 3.05) is 0 Å². The molecule has 0 aliphatic carbocycles. The fourth-order valence-corrected chi connectivity index (χ4v) is 6.18. The van der Waals surface area contributed by atoms with Crippen molar-refractivity contribution in [2.45, 2.75) is 6.54 Å².